The highest BCUT2D eigenvalue weighted by molar-refractivity contribution is 7.87. The van der Waals surface area contributed by atoms with Gasteiger partial charge in [-0.3, -0.25) is 14.6 Å². The zero-order chi connectivity index (χ0) is 27.2. The minimum Gasteiger partial charge on any atom is -0.480 e. The SMILES string of the molecule is CC(C)N(Cc1ccccc1)S(=O)(=O)N[C@@H](Cc1ccc(NC(=O)c2c(Cl)cncc2Cl)cc1)C(=O)O. The molecule has 3 aromatic rings. The summed E-state index contributed by atoms with van der Waals surface area (Å²) in [5.41, 5.74) is 1.82. The van der Waals surface area contributed by atoms with Crippen LogP contribution in [-0.2, 0) is 28.0 Å². The van der Waals surface area contributed by atoms with Crippen molar-refractivity contribution >= 4 is 51.0 Å². The van der Waals surface area contributed by atoms with Crippen LogP contribution in [0.15, 0.2) is 67.0 Å². The van der Waals surface area contributed by atoms with Crippen LogP contribution in [0.3, 0.4) is 0 Å². The predicted molar refractivity (Wildman–Crippen MR) is 143 cm³/mol. The average Bonchev–Trinajstić information content (AvgIpc) is 2.83. The molecule has 12 heteroatoms. The van der Waals surface area contributed by atoms with E-state index in [0.29, 0.717) is 11.3 Å². The van der Waals surface area contributed by atoms with Gasteiger partial charge in [0.05, 0.1) is 15.6 Å². The smallest absolute Gasteiger partial charge is 0.322 e. The van der Waals surface area contributed by atoms with Crippen molar-refractivity contribution in [2.24, 2.45) is 0 Å². The third kappa shape index (κ3) is 7.73. The van der Waals surface area contributed by atoms with Gasteiger partial charge in [-0.15, -0.1) is 0 Å². The first-order valence-electron chi connectivity index (χ1n) is 11.2. The molecule has 1 heterocycles. The Morgan fingerprint density at radius 3 is 2.11 bits per heavy atom. The second-order valence-electron chi connectivity index (χ2n) is 8.47. The van der Waals surface area contributed by atoms with Crippen molar-refractivity contribution in [1.29, 1.82) is 0 Å². The van der Waals surface area contributed by atoms with E-state index >= 15 is 0 Å². The van der Waals surface area contributed by atoms with E-state index in [-0.39, 0.29) is 28.6 Å². The van der Waals surface area contributed by atoms with Gasteiger partial charge in [0.1, 0.15) is 6.04 Å². The number of halogens is 2. The maximum Gasteiger partial charge on any atom is 0.322 e. The number of nitrogens with zero attached hydrogens (tertiary/aromatic N) is 2. The first-order chi connectivity index (χ1) is 17.5. The fourth-order valence-corrected chi connectivity index (χ4v) is 5.61. The van der Waals surface area contributed by atoms with Crippen LogP contribution >= 0.6 is 23.2 Å². The molecule has 2 aromatic carbocycles. The summed E-state index contributed by atoms with van der Waals surface area (Å²) in [6.45, 7) is 3.54. The van der Waals surface area contributed by atoms with Gasteiger partial charge in [-0.25, -0.2) is 0 Å². The molecule has 0 aliphatic rings. The van der Waals surface area contributed by atoms with Gasteiger partial charge in [-0.05, 0) is 43.5 Å². The molecule has 37 heavy (non-hydrogen) atoms. The Balaban J connectivity index is 1.71. The van der Waals surface area contributed by atoms with E-state index < -0.39 is 34.2 Å². The van der Waals surface area contributed by atoms with E-state index in [2.05, 4.69) is 15.0 Å². The summed E-state index contributed by atoms with van der Waals surface area (Å²) in [7, 11) is -4.13. The molecule has 1 atom stereocenters. The molecule has 196 valence electrons. The van der Waals surface area contributed by atoms with Crippen LogP contribution in [0, 0.1) is 0 Å². The third-order valence-electron chi connectivity index (χ3n) is 5.39. The third-order valence-corrected chi connectivity index (χ3v) is 7.71. The number of anilines is 1. The molecule has 0 spiro atoms. The molecular formula is C25H26Cl2N4O5S. The number of carbonyl (C=O) groups is 2. The van der Waals surface area contributed by atoms with Crippen molar-refractivity contribution in [2.75, 3.05) is 5.32 Å². The standard InChI is InChI=1S/C25H26Cl2N4O5S/c1-16(2)31(15-18-6-4-3-5-7-18)37(35,36)30-22(25(33)34)12-17-8-10-19(11-9-17)29-24(32)23-20(26)13-28-14-21(23)27/h3-11,13-14,16,22,30H,12,15H2,1-2H3,(H,29,32)(H,33,34)/t22-/m0/s1. The topological polar surface area (TPSA) is 129 Å². The van der Waals surface area contributed by atoms with Gasteiger partial charge in [0, 0.05) is 30.7 Å². The Morgan fingerprint density at radius 2 is 1.57 bits per heavy atom. The number of aromatic nitrogens is 1. The van der Waals surface area contributed by atoms with Crippen molar-refractivity contribution < 1.29 is 23.1 Å². The minimum absolute atomic E-state index is 0.0768. The molecule has 0 fully saturated rings. The maximum absolute atomic E-state index is 13.1. The van der Waals surface area contributed by atoms with Crippen LogP contribution < -0.4 is 10.0 Å². The van der Waals surface area contributed by atoms with Crippen LogP contribution in [0.25, 0.3) is 0 Å². The monoisotopic (exact) mass is 564 g/mol. The lowest BCUT2D eigenvalue weighted by molar-refractivity contribution is -0.138. The van der Waals surface area contributed by atoms with Crippen molar-refractivity contribution in [3.8, 4) is 0 Å². The van der Waals surface area contributed by atoms with Crippen molar-refractivity contribution in [1.82, 2.24) is 14.0 Å². The lowest BCUT2D eigenvalue weighted by Gasteiger charge is -2.28. The second-order valence-corrected chi connectivity index (χ2v) is 10.9. The number of rotatable bonds is 11. The van der Waals surface area contributed by atoms with Gasteiger partial charge >= 0.3 is 5.97 Å². The number of carbonyl (C=O) groups excluding carboxylic acids is 1. The number of pyridine rings is 1. The molecule has 0 radical (unpaired) electrons. The molecule has 0 saturated carbocycles. The summed E-state index contributed by atoms with van der Waals surface area (Å²) in [4.78, 5) is 28.3. The molecule has 1 amide bonds. The Kier molecular flexibility index (Phi) is 9.63. The van der Waals surface area contributed by atoms with E-state index in [1.54, 1.807) is 62.4 Å². The summed E-state index contributed by atoms with van der Waals surface area (Å²) in [6.07, 6.45) is 2.50. The first-order valence-corrected chi connectivity index (χ1v) is 13.4. The largest absolute Gasteiger partial charge is 0.480 e. The molecule has 0 unspecified atom stereocenters. The molecule has 3 N–H and O–H groups in total. The number of hydrogen-bond donors (Lipinski definition) is 3. The number of nitrogens with one attached hydrogen (secondary N) is 2. The Bertz CT molecular complexity index is 1330. The highest BCUT2D eigenvalue weighted by atomic mass is 35.5. The van der Waals surface area contributed by atoms with E-state index in [0.717, 1.165) is 5.56 Å². The number of carboxylic acids is 1. The van der Waals surface area contributed by atoms with E-state index in [1.165, 1.54) is 16.7 Å². The number of aliphatic carboxylic acids is 1. The van der Waals surface area contributed by atoms with Crippen LogP contribution in [0.5, 0.6) is 0 Å². The van der Waals surface area contributed by atoms with Crippen molar-refractivity contribution in [3.63, 3.8) is 0 Å². The van der Waals surface area contributed by atoms with E-state index in [4.69, 9.17) is 23.2 Å². The zero-order valence-electron chi connectivity index (χ0n) is 20.1. The summed E-state index contributed by atoms with van der Waals surface area (Å²) >= 11 is 12.0. The van der Waals surface area contributed by atoms with Crippen molar-refractivity contribution in [2.45, 2.75) is 38.9 Å². The summed E-state index contributed by atoms with van der Waals surface area (Å²) in [5.74, 6) is -1.85. The van der Waals surface area contributed by atoms with Crippen LogP contribution in [0.4, 0.5) is 5.69 Å². The van der Waals surface area contributed by atoms with Gasteiger partial charge in [0.15, 0.2) is 0 Å². The number of benzene rings is 2. The molecular weight excluding hydrogens is 539 g/mol. The fraction of sp³-hybridized carbons (Fsp3) is 0.240. The van der Waals surface area contributed by atoms with Gasteiger partial charge < -0.3 is 10.4 Å². The molecule has 0 aliphatic heterocycles. The lowest BCUT2D eigenvalue weighted by atomic mass is 10.1. The molecule has 9 nitrogen and oxygen atoms in total. The minimum atomic E-state index is -4.13. The van der Waals surface area contributed by atoms with Gasteiger partial charge in [0.2, 0.25) is 0 Å². The summed E-state index contributed by atoms with van der Waals surface area (Å²) < 4.78 is 29.8. The zero-order valence-corrected chi connectivity index (χ0v) is 22.4. The normalized spacial score (nSPS) is 12.5. The van der Waals surface area contributed by atoms with Crippen LogP contribution in [0.2, 0.25) is 10.0 Å². The number of carboxylic acid groups (broad SMARTS) is 1. The Morgan fingerprint density at radius 1 is 0.973 bits per heavy atom. The quantitative estimate of drug-likeness (QED) is 0.317. The van der Waals surface area contributed by atoms with E-state index in [1.807, 2.05) is 6.07 Å². The Hall–Kier alpha value is -3.02. The van der Waals surface area contributed by atoms with Gasteiger partial charge in [0.25, 0.3) is 16.1 Å². The summed E-state index contributed by atoms with van der Waals surface area (Å²) in [6, 6.07) is 13.6. The molecule has 0 saturated heterocycles. The average molecular weight is 565 g/mol. The molecule has 0 aliphatic carbocycles. The lowest BCUT2D eigenvalue weighted by Crippen LogP contribution is -2.50. The number of hydrogen-bond acceptors (Lipinski definition) is 5. The highest BCUT2D eigenvalue weighted by Crippen LogP contribution is 2.24. The highest BCUT2D eigenvalue weighted by Gasteiger charge is 2.31. The van der Waals surface area contributed by atoms with E-state index in [9.17, 15) is 23.1 Å². The maximum atomic E-state index is 13.1. The van der Waals surface area contributed by atoms with Crippen molar-refractivity contribution in [3.05, 3.63) is 93.7 Å². The summed E-state index contributed by atoms with van der Waals surface area (Å²) in [5, 5.41) is 12.6. The van der Waals surface area contributed by atoms with Crippen LogP contribution in [-0.4, -0.2) is 46.8 Å². The Labute approximate surface area is 225 Å². The predicted octanol–water partition coefficient (Wildman–Crippen LogP) is 4.38. The first kappa shape index (κ1) is 28.5. The molecule has 3 rings (SSSR count). The fourth-order valence-electron chi connectivity index (χ4n) is 3.52. The van der Waals surface area contributed by atoms with Gasteiger partial charge in [-0.1, -0.05) is 65.7 Å². The van der Waals surface area contributed by atoms with Crippen LogP contribution in [0.1, 0.15) is 35.3 Å². The molecule has 1 aromatic heterocycles. The molecule has 0 bridgehead atoms. The second kappa shape index (κ2) is 12.5. The number of amides is 1. The van der Waals surface area contributed by atoms with Gasteiger partial charge in [-0.2, -0.15) is 17.4 Å².